The van der Waals surface area contributed by atoms with E-state index < -0.39 is 0 Å². The molecule has 0 atom stereocenters. The maximum atomic E-state index is 5.64. The Balaban J connectivity index is 2.42. The lowest BCUT2D eigenvalue weighted by Crippen LogP contribution is -2.06. The van der Waals surface area contributed by atoms with Gasteiger partial charge in [-0.05, 0) is 25.1 Å². The Bertz CT molecular complexity index is 412. The second-order valence-corrected chi connectivity index (χ2v) is 3.28. The lowest BCUT2D eigenvalue weighted by Gasteiger charge is -1.99. The molecule has 4 nitrogen and oxygen atoms in total. The third-order valence-corrected chi connectivity index (χ3v) is 2.35. The molecule has 0 aromatic carbocycles. The third-order valence-electron chi connectivity index (χ3n) is 2.35. The molecule has 0 saturated heterocycles. The van der Waals surface area contributed by atoms with Crippen LogP contribution in [0, 0.1) is 0 Å². The fourth-order valence-electron chi connectivity index (χ4n) is 1.56. The second kappa shape index (κ2) is 4.23. The van der Waals surface area contributed by atoms with Crippen molar-refractivity contribution >= 4 is 0 Å². The van der Waals surface area contributed by atoms with Gasteiger partial charge in [0.15, 0.2) is 0 Å². The van der Waals surface area contributed by atoms with E-state index in [9.17, 15) is 0 Å². The van der Waals surface area contributed by atoms with Gasteiger partial charge >= 0.3 is 0 Å². The Morgan fingerprint density at radius 3 is 2.60 bits per heavy atom. The molecule has 0 amide bonds. The largest absolute Gasteiger partial charge is 0.325 e. The van der Waals surface area contributed by atoms with Gasteiger partial charge in [0.2, 0.25) is 0 Å². The van der Waals surface area contributed by atoms with Crippen molar-refractivity contribution in [3.8, 4) is 11.3 Å². The van der Waals surface area contributed by atoms with E-state index in [1.807, 2.05) is 22.9 Å². The summed E-state index contributed by atoms with van der Waals surface area (Å²) in [6.45, 7) is 3.42. The van der Waals surface area contributed by atoms with Crippen molar-refractivity contribution in [3.63, 3.8) is 0 Å². The number of aromatic nitrogens is 3. The van der Waals surface area contributed by atoms with Crippen molar-refractivity contribution in [2.45, 2.75) is 20.0 Å². The average molecular weight is 202 g/mol. The van der Waals surface area contributed by atoms with Crippen LogP contribution in [0.2, 0.25) is 0 Å². The topological polar surface area (TPSA) is 56.7 Å². The number of rotatable bonds is 3. The molecule has 0 fully saturated rings. The zero-order chi connectivity index (χ0) is 10.7. The molecule has 0 aliphatic rings. The number of hydrogen-bond acceptors (Lipinski definition) is 3. The Morgan fingerprint density at radius 2 is 2.07 bits per heavy atom. The minimum absolute atomic E-state index is 0.520. The van der Waals surface area contributed by atoms with Gasteiger partial charge in [0.25, 0.3) is 0 Å². The summed E-state index contributed by atoms with van der Waals surface area (Å²) in [5.41, 5.74) is 8.74. The van der Waals surface area contributed by atoms with Crippen LogP contribution in [0.4, 0.5) is 0 Å². The van der Waals surface area contributed by atoms with Gasteiger partial charge in [-0.1, -0.05) is 0 Å². The van der Waals surface area contributed by atoms with E-state index in [1.54, 1.807) is 12.4 Å². The summed E-state index contributed by atoms with van der Waals surface area (Å²) < 4.78 is 1.93. The molecule has 0 radical (unpaired) electrons. The van der Waals surface area contributed by atoms with E-state index in [4.69, 9.17) is 5.73 Å². The minimum Gasteiger partial charge on any atom is -0.325 e. The molecule has 0 aliphatic carbocycles. The van der Waals surface area contributed by atoms with Gasteiger partial charge in [0.05, 0.1) is 11.4 Å². The summed E-state index contributed by atoms with van der Waals surface area (Å²) >= 11 is 0. The average Bonchev–Trinajstić information content (AvgIpc) is 2.73. The molecule has 0 saturated carbocycles. The zero-order valence-corrected chi connectivity index (χ0v) is 8.72. The quantitative estimate of drug-likeness (QED) is 0.819. The number of nitrogens with zero attached hydrogens (tertiary/aromatic N) is 3. The summed E-state index contributed by atoms with van der Waals surface area (Å²) in [5.74, 6) is 0. The highest BCUT2D eigenvalue weighted by Gasteiger charge is 2.06. The lowest BCUT2D eigenvalue weighted by molar-refractivity contribution is 0.624. The van der Waals surface area contributed by atoms with Crippen LogP contribution >= 0.6 is 0 Å². The standard InChI is InChI=1S/C11H14N4/c1-2-15-10(8-12)7-11(14-15)9-3-5-13-6-4-9/h3-7H,2,8,12H2,1H3. The zero-order valence-electron chi connectivity index (χ0n) is 8.72. The van der Waals surface area contributed by atoms with Crippen LogP contribution in [0.1, 0.15) is 12.6 Å². The van der Waals surface area contributed by atoms with Crippen LogP contribution in [0.25, 0.3) is 11.3 Å². The first-order chi connectivity index (χ1) is 7.35. The number of aryl methyl sites for hydroxylation is 1. The van der Waals surface area contributed by atoms with Gasteiger partial charge in [-0.15, -0.1) is 0 Å². The van der Waals surface area contributed by atoms with Crippen LogP contribution < -0.4 is 5.73 Å². The van der Waals surface area contributed by atoms with E-state index >= 15 is 0 Å². The minimum atomic E-state index is 0.520. The smallest absolute Gasteiger partial charge is 0.0927 e. The van der Waals surface area contributed by atoms with Crippen molar-refractivity contribution in [3.05, 3.63) is 36.3 Å². The number of pyridine rings is 1. The molecule has 0 bridgehead atoms. The highest BCUT2D eigenvalue weighted by molar-refractivity contribution is 5.58. The summed E-state index contributed by atoms with van der Waals surface area (Å²) in [7, 11) is 0. The Kier molecular flexibility index (Phi) is 2.78. The molecular formula is C11H14N4. The van der Waals surface area contributed by atoms with Crippen LogP contribution in [-0.4, -0.2) is 14.8 Å². The molecular weight excluding hydrogens is 188 g/mol. The molecule has 2 N–H and O–H groups in total. The monoisotopic (exact) mass is 202 g/mol. The molecule has 0 unspecified atom stereocenters. The first-order valence-electron chi connectivity index (χ1n) is 5.02. The molecule has 2 rings (SSSR count). The summed E-state index contributed by atoms with van der Waals surface area (Å²) in [4.78, 5) is 3.98. The van der Waals surface area contributed by atoms with Gasteiger partial charge < -0.3 is 5.73 Å². The first-order valence-corrected chi connectivity index (χ1v) is 5.02. The molecule has 4 heteroatoms. The van der Waals surface area contributed by atoms with Crippen molar-refractivity contribution < 1.29 is 0 Å². The summed E-state index contributed by atoms with van der Waals surface area (Å²) in [6.07, 6.45) is 3.53. The SMILES string of the molecule is CCn1nc(-c2ccncc2)cc1CN. The maximum absolute atomic E-state index is 5.64. The molecule has 2 aromatic rings. The normalized spacial score (nSPS) is 10.5. The van der Waals surface area contributed by atoms with Gasteiger partial charge in [-0.3, -0.25) is 9.67 Å². The van der Waals surface area contributed by atoms with Crippen molar-refractivity contribution in [1.82, 2.24) is 14.8 Å². The van der Waals surface area contributed by atoms with Crippen molar-refractivity contribution in [2.75, 3.05) is 0 Å². The van der Waals surface area contributed by atoms with Gasteiger partial charge in [0, 0.05) is 31.0 Å². The predicted octanol–water partition coefficient (Wildman–Crippen LogP) is 1.42. The summed E-state index contributed by atoms with van der Waals surface area (Å²) in [5, 5.41) is 4.48. The fraction of sp³-hybridized carbons (Fsp3) is 0.273. The number of hydrogen-bond donors (Lipinski definition) is 1. The van der Waals surface area contributed by atoms with Gasteiger partial charge in [-0.2, -0.15) is 5.10 Å². The van der Waals surface area contributed by atoms with Crippen LogP contribution in [0.5, 0.6) is 0 Å². The Labute approximate surface area is 88.8 Å². The van der Waals surface area contributed by atoms with E-state index in [1.165, 1.54) is 0 Å². The van der Waals surface area contributed by atoms with Gasteiger partial charge in [0.1, 0.15) is 0 Å². The third kappa shape index (κ3) is 1.89. The second-order valence-electron chi connectivity index (χ2n) is 3.28. The van der Waals surface area contributed by atoms with Gasteiger partial charge in [-0.25, -0.2) is 0 Å². The van der Waals surface area contributed by atoms with E-state index in [-0.39, 0.29) is 0 Å². The first kappa shape index (κ1) is 9.86. The predicted molar refractivity (Wildman–Crippen MR) is 59.0 cm³/mol. The molecule has 78 valence electrons. The molecule has 2 aromatic heterocycles. The Morgan fingerprint density at radius 1 is 1.33 bits per heavy atom. The highest BCUT2D eigenvalue weighted by Crippen LogP contribution is 2.17. The van der Waals surface area contributed by atoms with E-state index in [0.717, 1.165) is 23.5 Å². The Hall–Kier alpha value is -1.68. The van der Waals surface area contributed by atoms with Crippen molar-refractivity contribution in [1.29, 1.82) is 0 Å². The van der Waals surface area contributed by atoms with Crippen molar-refractivity contribution in [2.24, 2.45) is 5.73 Å². The fourth-order valence-corrected chi connectivity index (χ4v) is 1.56. The number of nitrogens with two attached hydrogens (primary N) is 1. The maximum Gasteiger partial charge on any atom is 0.0927 e. The highest BCUT2D eigenvalue weighted by atomic mass is 15.3. The molecule has 2 heterocycles. The molecule has 15 heavy (non-hydrogen) atoms. The summed E-state index contributed by atoms with van der Waals surface area (Å²) in [6, 6.07) is 5.92. The van der Waals surface area contributed by atoms with E-state index in [0.29, 0.717) is 6.54 Å². The van der Waals surface area contributed by atoms with Crippen LogP contribution in [-0.2, 0) is 13.1 Å². The molecule has 0 aliphatic heterocycles. The lowest BCUT2D eigenvalue weighted by atomic mass is 10.2. The van der Waals surface area contributed by atoms with Crippen LogP contribution in [0.15, 0.2) is 30.6 Å². The molecule has 0 spiro atoms. The van der Waals surface area contributed by atoms with Crippen LogP contribution in [0.3, 0.4) is 0 Å². The van der Waals surface area contributed by atoms with E-state index in [2.05, 4.69) is 17.0 Å².